The summed E-state index contributed by atoms with van der Waals surface area (Å²) in [6.45, 7) is 0.367. The highest BCUT2D eigenvalue weighted by Crippen LogP contribution is 2.08. The number of rotatable bonds is 7. The van der Waals surface area contributed by atoms with Crippen LogP contribution in [0.5, 0.6) is 0 Å². The minimum atomic E-state index is -3.30. The lowest BCUT2D eigenvalue weighted by atomic mass is 10.1. The summed E-state index contributed by atoms with van der Waals surface area (Å²) in [6.07, 6.45) is 0. The van der Waals surface area contributed by atoms with Crippen molar-refractivity contribution in [3.05, 3.63) is 35.9 Å². The lowest BCUT2D eigenvalue weighted by molar-refractivity contribution is 0.217. The number of nitrogens with two attached hydrogens (primary N) is 1. The second kappa shape index (κ2) is 6.70. The molecule has 1 atom stereocenters. The Morgan fingerprint density at radius 2 is 2.00 bits per heavy atom. The normalized spacial score (nSPS) is 13.5. The lowest BCUT2D eigenvalue weighted by Crippen LogP contribution is -2.34. The molecule has 17 heavy (non-hydrogen) atoms. The molecule has 0 aliphatic rings. The van der Waals surface area contributed by atoms with Crippen LogP contribution in [0.3, 0.4) is 0 Å². The number of hydrogen-bond acceptors (Lipinski definition) is 4. The van der Waals surface area contributed by atoms with Gasteiger partial charge in [0.1, 0.15) is 0 Å². The second-order valence-corrected chi connectivity index (χ2v) is 5.60. The van der Waals surface area contributed by atoms with E-state index in [1.54, 1.807) is 0 Å². The average molecular weight is 258 g/mol. The fourth-order valence-electron chi connectivity index (χ4n) is 1.30. The molecule has 5 nitrogen and oxygen atoms in total. The maximum atomic E-state index is 11.5. The molecule has 0 saturated heterocycles. The van der Waals surface area contributed by atoms with Gasteiger partial charge in [0.25, 0.3) is 0 Å². The van der Waals surface area contributed by atoms with Crippen LogP contribution >= 0.6 is 0 Å². The van der Waals surface area contributed by atoms with Crippen molar-refractivity contribution in [3.8, 4) is 0 Å². The minimum absolute atomic E-state index is 0.0506. The zero-order chi connectivity index (χ0) is 12.7. The van der Waals surface area contributed by atoms with Crippen LogP contribution in [0.1, 0.15) is 11.6 Å². The predicted octanol–water partition coefficient (Wildman–Crippen LogP) is 0.252. The first kappa shape index (κ1) is 14.1. The molecule has 0 aliphatic heterocycles. The van der Waals surface area contributed by atoms with Gasteiger partial charge in [0, 0.05) is 19.7 Å². The molecule has 0 spiro atoms. The smallest absolute Gasteiger partial charge is 0.213 e. The lowest BCUT2D eigenvalue weighted by Gasteiger charge is -2.13. The van der Waals surface area contributed by atoms with E-state index in [2.05, 4.69) is 4.72 Å². The van der Waals surface area contributed by atoms with Gasteiger partial charge in [-0.05, 0) is 5.56 Å². The molecular weight excluding hydrogens is 240 g/mol. The van der Waals surface area contributed by atoms with E-state index in [4.69, 9.17) is 10.5 Å². The molecule has 0 heterocycles. The third-order valence-corrected chi connectivity index (χ3v) is 3.62. The first-order valence-electron chi connectivity index (χ1n) is 5.32. The molecule has 1 rings (SSSR count). The monoisotopic (exact) mass is 258 g/mol. The summed E-state index contributed by atoms with van der Waals surface area (Å²) in [4.78, 5) is 0. The number of sulfonamides is 1. The summed E-state index contributed by atoms with van der Waals surface area (Å²) in [5.41, 5.74) is 6.78. The predicted molar refractivity (Wildman–Crippen MR) is 67.0 cm³/mol. The van der Waals surface area contributed by atoms with Crippen molar-refractivity contribution < 1.29 is 13.2 Å². The Morgan fingerprint density at radius 3 is 2.59 bits per heavy atom. The highest BCUT2D eigenvalue weighted by Gasteiger charge is 2.12. The third kappa shape index (κ3) is 5.27. The minimum Gasteiger partial charge on any atom is -0.384 e. The van der Waals surface area contributed by atoms with E-state index in [0.29, 0.717) is 0 Å². The zero-order valence-electron chi connectivity index (χ0n) is 9.80. The molecular formula is C11H18N2O3S. The van der Waals surface area contributed by atoms with Crippen LogP contribution in [0.2, 0.25) is 0 Å². The van der Waals surface area contributed by atoms with E-state index in [1.807, 2.05) is 30.3 Å². The molecule has 0 amide bonds. The molecule has 1 aromatic carbocycles. The number of methoxy groups -OCH3 is 1. The standard InChI is InChI=1S/C11H18N2O3S/c1-16-7-8-17(14,15)13-9-11(12)10-5-3-2-4-6-10/h2-6,11,13H,7-9,12H2,1H3. The molecule has 1 unspecified atom stereocenters. The van der Waals surface area contributed by atoms with Crippen LogP contribution < -0.4 is 10.5 Å². The Hall–Kier alpha value is -0.950. The van der Waals surface area contributed by atoms with Gasteiger partial charge in [0.2, 0.25) is 10.0 Å². The van der Waals surface area contributed by atoms with Crippen molar-refractivity contribution in [1.29, 1.82) is 0 Å². The van der Waals surface area contributed by atoms with Crippen LogP contribution in [-0.4, -0.2) is 34.4 Å². The number of benzene rings is 1. The van der Waals surface area contributed by atoms with Gasteiger partial charge in [0.05, 0.1) is 12.4 Å². The van der Waals surface area contributed by atoms with Gasteiger partial charge in [-0.2, -0.15) is 0 Å². The second-order valence-electron chi connectivity index (χ2n) is 3.68. The Balaban J connectivity index is 2.46. The van der Waals surface area contributed by atoms with Gasteiger partial charge in [-0.25, -0.2) is 13.1 Å². The van der Waals surface area contributed by atoms with Gasteiger partial charge in [-0.15, -0.1) is 0 Å². The molecule has 0 radical (unpaired) electrons. The Morgan fingerprint density at radius 1 is 1.35 bits per heavy atom. The van der Waals surface area contributed by atoms with Crippen LogP contribution in [0.4, 0.5) is 0 Å². The average Bonchev–Trinajstić information content (AvgIpc) is 2.35. The molecule has 0 saturated carbocycles. The van der Waals surface area contributed by atoms with Gasteiger partial charge < -0.3 is 10.5 Å². The van der Waals surface area contributed by atoms with E-state index in [9.17, 15) is 8.42 Å². The first-order valence-corrected chi connectivity index (χ1v) is 6.97. The van der Waals surface area contributed by atoms with E-state index in [1.165, 1.54) is 7.11 Å². The Kier molecular flexibility index (Phi) is 5.57. The Labute approximate surface area is 102 Å². The number of ether oxygens (including phenoxy) is 1. The van der Waals surface area contributed by atoms with Crippen molar-refractivity contribution in [1.82, 2.24) is 4.72 Å². The molecule has 1 aromatic rings. The van der Waals surface area contributed by atoms with E-state index in [0.717, 1.165) is 5.56 Å². The summed E-state index contributed by atoms with van der Waals surface area (Å²) < 4.78 is 30.1. The molecule has 6 heteroatoms. The number of hydrogen-bond donors (Lipinski definition) is 2. The van der Waals surface area contributed by atoms with Crippen molar-refractivity contribution in [2.45, 2.75) is 6.04 Å². The molecule has 96 valence electrons. The fourth-order valence-corrected chi connectivity index (χ4v) is 2.26. The summed E-state index contributed by atoms with van der Waals surface area (Å²) in [5.74, 6) is -0.0506. The van der Waals surface area contributed by atoms with Gasteiger partial charge in [0.15, 0.2) is 0 Å². The maximum Gasteiger partial charge on any atom is 0.213 e. The van der Waals surface area contributed by atoms with Gasteiger partial charge in [-0.1, -0.05) is 30.3 Å². The first-order chi connectivity index (χ1) is 8.05. The van der Waals surface area contributed by atoms with E-state index in [-0.39, 0.29) is 24.9 Å². The SMILES string of the molecule is COCCS(=O)(=O)NCC(N)c1ccccc1. The summed E-state index contributed by atoms with van der Waals surface area (Å²) in [5, 5.41) is 0. The highest BCUT2D eigenvalue weighted by molar-refractivity contribution is 7.89. The summed E-state index contributed by atoms with van der Waals surface area (Å²) >= 11 is 0. The van der Waals surface area contributed by atoms with Crippen LogP contribution in [-0.2, 0) is 14.8 Å². The molecule has 0 aromatic heterocycles. The van der Waals surface area contributed by atoms with Crippen molar-refractivity contribution in [2.75, 3.05) is 26.0 Å². The third-order valence-electron chi connectivity index (χ3n) is 2.31. The van der Waals surface area contributed by atoms with Crippen molar-refractivity contribution in [3.63, 3.8) is 0 Å². The van der Waals surface area contributed by atoms with Crippen molar-refractivity contribution in [2.24, 2.45) is 5.73 Å². The van der Waals surface area contributed by atoms with Crippen LogP contribution in [0, 0.1) is 0 Å². The zero-order valence-corrected chi connectivity index (χ0v) is 10.6. The maximum absolute atomic E-state index is 11.5. The van der Waals surface area contributed by atoms with Gasteiger partial charge >= 0.3 is 0 Å². The largest absolute Gasteiger partial charge is 0.384 e. The van der Waals surface area contributed by atoms with E-state index >= 15 is 0 Å². The van der Waals surface area contributed by atoms with Crippen LogP contribution in [0.15, 0.2) is 30.3 Å². The van der Waals surface area contributed by atoms with Gasteiger partial charge in [-0.3, -0.25) is 0 Å². The van der Waals surface area contributed by atoms with Crippen molar-refractivity contribution >= 4 is 10.0 Å². The molecule has 0 bridgehead atoms. The fraction of sp³-hybridized carbons (Fsp3) is 0.455. The molecule has 3 N–H and O–H groups in total. The summed E-state index contributed by atoms with van der Waals surface area (Å²) in [7, 11) is -1.84. The number of nitrogens with one attached hydrogen (secondary N) is 1. The summed E-state index contributed by atoms with van der Waals surface area (Å²) in [6, 6.07) is 9.03. The topological polar surface area (TPSA) is 81.4 Å². The molecule has 0 aliphatic carbocycles. The van der Waals surface area contributed by atoms with E-state index < -0.39 is 10.0 Å². The quantitative estimate of drug-likeness (QED) is 0.734. The molecule has 0 fully saturated rings. The Bertz CT molecular complexity index is 420. The van der Waals surface area contributed by atoms with Crippen LogP contribution in [0.25, 0.3) is 0 Å². The highest BCUT2D eigenvalue weighted by atomic mass is 32.2.